The van der Waals surface area contributed by atoms with Gasteiger partial charge in [0, 0.05) is 35.8 Å². The van der Waals surface area contributed by atoms with Crippen LogP contribution in [0.4, 0.5) is 11.4 Å². The number of para-hydroxylation sites is 1. The van der Waals surface area contributed by atoms with Crippen LogP contribution >= 0.6 is 11.3 Å². The first-order valence-electron chi connectivity index (χ1n) is 12.2. The molecule has 0 N–H and O–H groups in total. The third-order valence-electron chi connectivity index (χ3n) is 6.76. The Labute approximate surface area is 217 Å². The molecule has 2 heterocycles. The molecule has 9 nitrogen and oxygen atoms in total. The SMILES string of the molecule is Cc1c(N=c2scc(-c3cccc([N+](=O)[O-])c3)n2N=C2CCCC(C)C2)c(=O)n(-c2ccccc2)n1C. The number of benzene rings is 2. The summed E-state index contributed by atoms with van der Waals surface area (Å²) in [7, 11) is 1.84. The molecule has 190 valence electrons. The number of nitro benzene ring substituents is 1. The Morgan fingerprint density at radius 3 is 2.65 bits per heavy atom. The summed E-state index contributed by atoms with van der Waals surface area (Å²) in [6.07, 6.45) is 4.03. The number of hydrogen-bond acceptors (Lipinski definition) is 6. The minimum atomic E-state index is -0.403. The highest BCUT2D eigenvalue weighted by molar-refractivity contribution is 7.07. The number of nitrogens with zero attached hydrogens (tertiary/aromatic N) is 6. The quantitative estimate of drug-likeness (QED) is 0.256. The predicted molar refractivity (Wildman–Crippen MR) is 146 cm³/mol. The van der Waals surface area contributed by atoms with Crippen molar-refractivity contribution in [3.8, 4) is 16.9 Å². The lowest BCUT2D eigenvalue weighted by Gasteiger charge is -2.19. The summed E-state index contributed by atoms with van der Waals surface area (Å²) in [5, 5.41) is 18.3. The number of hydrogen-bond donors (Lipinski definition) is 0. The standard InChI is InChI=1S/C27H28N6O3S/c1-18-9-7-11-21(15-18)29-31-24(20-10-8-14-23(16-20)33(35)36)17-37-27(31)28-25-19(2)30(3)32(26(25)34)22-12-5-4-6-13-22/h4-6,8,10,12-14,16-18H,7,9,11,15H2,1-3H3. The maximum atomic E-state index is 13.5. The van der Waals surface area contributed by atoms with Crippen LogP contribution in [0.3, 0.4) is 0 Å². The minimum Gasteiger partial charge on any atom is -0.283 e. The van der Waals surface area contributed by atoms with Gasteiger partial charge in [-0.2, -0.15) is 5.10 Å². The van der Waals surface area contributed by atoms with Crippen molar-refractivity contribution in [3.63, 3.8) is 0 Å². The molecule has 1 fully saturated rings. The smallest absolute Gasteiger partial charge is 0.283 e. The van der Waals surface area contributed by atoms with Crippen molar-refractivity contribution in [2.24, 2.45) is 23.1 Å². The molecule has 0 saturated heterocycles. The number of non-ortho nitro benzene ring substituents is 1. The summed E-state index contributed by atoms with van der Waals surface area (Å²) in [6, 6.07) is 16.0. The van der Waals surface area contributed by atoms with Crippen LogP contribution in [0.15, 0.2) is 74.9 Å². The Bertz CT molecular complexity index is 1620. The predicted octanol–water partition coefficient (Wildman–Crippen LogP) is 5.57. The van der Waals surface area contributed by atoms with E-state index in [2.05, 4.69) is 6.92 Å². The van der Waals surface area contributed by atoms with Crippen LogP contribution in [0.5, 0.6) is 0 Å². The normalized spacial score (nSPS) is 17.4. The largest absolute Gasteiger partial charge is 0.297 e. The van der Waals surface area contributed by atoms with Crippen molar-refractivity contribution in [2.75, 3.05) is 0 Å². The van der Waals surface area contributed by atoms with E-state index >= 15 is 0 Å². The second-order valence-electron chi connectivity index (χ2n) is 9.41. The summed E-state index contributed by atoms with van der Waals surface area (Å²) in [5.41, 5.74) is 4.06. The molecular weight excluding hydrogens is 488 g/mol. The van der Waals surface area contributed by atoms with Crippen LogP contribution in [-0.2, 0) is 7.05 Å². The molecule has 0 spiro atoms. The summed E-state index contributed by atoms with van der Waals surface area (Å²) in [6.45, 7) is 4.09. The first-order valence-corrected chi connectivity index (χ1v) is 13.1. The molecule has 0 amide bonds. The summed E-state index contributed by atoms with van der Waals surface area (Å²) >= 11 is 1.36. The molecule has 1 aliphatic rings. The van der Waals surface area contributed by atoms with Gasteiger partial charge in [-0.15, -0.1) is 11.3 Å². The van der Waals surface area contributed by atoms with Crippen molar-refractivity contribution in [1.82, 2.24) is 14.0 Å². The average Bonchev–Trinajstić information content (AvgIpc) is 3.38. The van der Waals surface area contributed by atoms with E-state index in [0.717, 1.165) is 36.4 Å². The number of rotatable bonds is 5. The van der Waals surface area contributed by atoms with Gasteiger partial charge in [-0.1, -0.05) is 37.3 Å². The highest BCUT2D eigenvalue weighted by Gasteiger charge is 2.19. The third kappa shape index (κ3) is 4.84. The molecule has 0 bridgehead atoms. The molecule has 1 saturated carbocycles. The summed E-state index contributed by atoms with van der Waals surface area (Å²) < 4.78 is 5.14. The highest BCUT2D eigenvalue weighted by Crippen LogP contribution is 2.27. The van der Waals surface area contributed by atoms with E-state index < -0.39 is 4.92 Å². The van der Waals surface area contributed by atoms with Gasteiger partial charge in [-0.3, -0.25) is 19.6 Å². The lowest BCUT2D eigenvalue weighted by atomic mass is 9.89. The molecule has 1 unspecified atom stereocenters. The molecule has 10 heteroatoms. The van der Waals surface area contributed by atoms with Crippen LogP contribution in [-0.4, -0.2) is 24.7 Å². The van der Waals surface area contributed by atoms with Crippen LogP contribution in [0.1, 0.15) is 38.3 Å². The Hall–Kier alpha value is -4.05. The topological polar surface area (TPSA) is 99.7 Å². The average molecular weight is 517 g/mol. The van der Waals surface area contributed by atoms with Crippen molar-refractivity contribution in [2.45, 2.75) is 39.5 Å². The maximum absolute atomic E-state index is 13.5. The fourth-order valence-corrected chi connectivity index (χ4v) is 5.56. The van der Waals surface area contributed by atoms with E-state index in [1.165, 1.54) is 23.8 Å². The second-order valence-corrected chi connectivity index (χ2v) is 10.2. The minimum absolute atomic E-state index is 0.0114. The van der Waals surface area contributed by atoms with Crippen molar-refractivity contribution in [1.29, 1.82) is 0 Å². The monoisotopic (exact) mass is 516 g/mol. The van der Waals surface area contributed by atoms with Gasteiger partial charge in [0.1, 0.15) is 0 Å². The molecular formula is C27H28N6O3S. The van der Waals surface area contributed by atoms with E-state index in [0.29, 0.717) is 27.7 Å². The molecule has 37 heavy (non-hydrogen) atoms. The van der Waals surface area contributed by atoms with Gasteiger partial charge in [0.25, 0.3) is 11.2 Å². The first-order chi connectivity index (χ1) is 17.8. The molecule has 2 aromatic carbocycles. The fourth-order valence-electron chi connectivity index (χ4n) is 4.72. The van der Waals surface area contributed by atoms with E-state index in [-0.39, 0.29) is 11.2 Å². The number of aromatic nitrogens is 3. The Morgan fingerprint density at radius 2 is 1.92 bits per heavy atom. The Kier molecular flexibility index (Phi) is 6.75. The highest BCUT2D eigenvalue weighted by atomic mass is 32.1. The molecule has 1 atom stereocenters. The van der Waals surface area contributed by atoms with Gasteiger partial charge in [-0.05, 0) is 50.7 Å². The van der Waals surface area contributed by atoms with Crippen LogP contribution in [0.2, 0.25) is 0 Å². The van der Waals surface area contributed by atoms with E-state index in [1.54, 1.807) is 26.2 Å². The lowest BCUT2D eigenvalue weighted by Crippen LogP contribution is -2.20. The van der Waals surface area contributed by atoms with Crippen molar-refractivity contribution < 1.29 is 4.92 Å². The molecule has 5 rings (SSSR count). The zero-order valence-corrected chi connectivity index (χ0v) is 21.8. The summed E-state index contributed by atoms with van der Waals surface area (Å²) in [4.78, 5) is 29.9. The molecule has 1 aliphatic carbocycles. The fraction of sp³-hybridized carbons (Fsp3) is 0.296. The number of thiazole rings is 1. The van der Waals surface area contributed by atoms with Gasteiger partial charge >= 0.3 is 0 Å². The Morgan fingerprint density at radius 1 is 1.14 bits per heavy atom. The Balaban J connectivity index is 1.71. The lowest BCUT2D eigenvalue weighted by molar-refractivity contribution is -0.384. The van der Waals surface area contributed by atoms with Gasteiger partial charge in [0.15, 0.2) is 5.69 Å². The van der Waals surface area contributed by atoms with E-state index in [9.17, 15) is 14.9 Å². The zero-order valence-electron chi connectivity index (χ0n) is 21.0. The molecule has 4 aromatic rings. The van der Waals surface area contributed by atoms with Crippen LogP contribution in [0, 0.1) is 23.0 Å². The number of nitro groups is 1. The molecule has 2 aromatic heterocycles. The van der Waals surface area contributed by atoms with Crippen molar-refractivity contribution >= 4 is 28.4 Å². The summed E-state index contributed by atoms with van der Waals surface area (Å²) in [5.74, 6) is 0.544. The van der Waals surface area contributed by atoms with Gasteiger partial charge in [0.2, 0.25) is 4.80 Å². The maximum Gasteiger partial charge on any atom is 0.297 e. The first kappa shape index (κ1) is 24.6. The van der Waals surface area contributed by atoms with E-state index in [1.807, 2.05) is 55.7 Å². The molecule has 0 radical (unpaired) electrons. The van der Waals surface area contributed by atoms with Crippen LogP contribution in [0.25, 0.3) is 16.9 Å². The van der Waals surface area contributed by atoms with Gasteiger partial charge in [0.05, 0.1) is 22.0 Å². The third-order valence-corrected chi connectivity index (χ3v) is 7.57. The molecule has 0 aliphatic heterocycles. The second kappa shape index (κ2) is 10.1. The van der Waals surface area contributed by atoms with Crippen molar-refractivity contribution in [3.05, 3.63) is 90.9 Å². The van der Waals surface area contributed by atoms with Crippen LogP contribution < -0.4 is 10.4 Å². The zero-order chi connectivity index (χ0) is 26.1. The van der Waals surface area contributed by atoms with E-state index in [4.69, 9.17) is 10.1 Å². The van der Waals surface area contributed by atoms with Gasteiger partial charge < -0.3 is 0 Å². The van der Waals surface area contributed by atoms with Gasteiger partial charge in [-0.25, -0.2) is 14.4 Å².